The number of rotatable bonds is 6. The van der Waals surface area contributed by atoms with Crippen LogP contribution >= 0.6 is 0 Å². The molecule has 1 unspecified atom stereocenters. The number of aryl methyl sites for hydroxylation is 1. The number of carbonyl (C=O) groups is 1. The van der Waals surface area contributed by atoms with E-state index in [-0.39, 0.29) is 24.9 Å². The number of aromatic nitrogens is 2. The third kappa shape index (κ3) is 4.09. The van der Waals surface area contributed by atoms with Gasteiger partial charge in [-0.15, -0.1) is 0 Å². The Kier molecular flexibility index (Phi) is 6.12. The van der Waals surface area contributed by atoms with E-state index in [1.54, 1.807) is 45.0 Å². The molecule has 1 aromatic heterocycles. The van der Waals surface area contributed by atoms with E-state index in [1.165, 1.54) is 15.5 Å². The molecule has 0 aliphatic carbocycles. The van der Waals surface area contributed by atoms with Crippen LogP contribution in [0.1, 0.15) is 19.5 Å². The quantitative estimate of drug-likeness (QED) is 0.782. The predicted molar refractivity (Wildman–Crippen MR) is 98.1 cm³/mol. The molecule has 1 aromatic carbocycles. The van der Waals surface area contributed by atoms with Crippen LogP contribution in [0, 0.1) is 24.2 Å². The van der Waals surface area contributed by atoms with Crippen LogP contribution in [0.5, 0.6) is 0 Å². The van der Waals surface area contributed by atoms with Crippen LogP contribution in [0.15, 0.2) is 46.0 Å². The number of para-hydroxylation sites is 1. The van der Waals surface area contributed by atoms with Crippen LogP contribution in [0.2, 0.25) is 0 Å². The Morgan fingerprint density at radius 1 is 1.27 bits per heavy atom. The molecule has 0 N–H and O–H groups in total. The Hall–Kier alpha value is -3.14. The van der Waals surface area contributed by atoms with Gasteiger partial charge in [0.15, 0.2) is 0 Å². The molecule has 1 atom stereocenters. The lowest BCUT2D eigenvalue weighted by molar-refractivity contribution is -0.132. The second kappa shape index (κ2) is 8.30. The molecule has 0 spiro atoms. The fraction of sp³-hybridized carbons (Fsp3) is 0.368. The Bertz CT molecular complexity index is 938. The Labute approximate surface area is 151 Å². The molecular weight excluding hydrogens is 332 g/mol. The summed E-state index contributed by atoms with van der Waals surface area (Å²) in [5.41, 5.74) is 0.0540. The molecule has 0 fully saturated rings. The minimum absolute atomic E-state index is 0.263. The fourth-order valence-electron chi connectivity index (χ4n) is 2.74. The monoisotopic (exact) mass is 354 g/mol. The highest BCUT2D eigenvalue weighted by Gasteiger charge is 2.18. The van der Waals surface area contributed by atoms with E-state index in [0.717, 1.165) is 4.57 Å². The number of likely N-dealkylation sites (N-methyl/N-ethyl adjacent to an activating group) is 1. The van der Waals surface area contributed by atoms with Gasteiger partial charge in [-0.3, -0.25) is 18.7 Å². The topological polar surface area (TPSA) is 88.1 Å². The van der Waals surface area contributed by atoms with Crippen LogP contribution in [-0.4, -0.2) is 33.0 Å². The van der Waals surface area contributed by atoms with Gasteiger partial charge in [-0.2, -0.15) is 5.26 Å². The van der Waals surface area contributed by atoms with Crippen molar-refractivity contribution in [3.63, 3.8) is 0 Å². The van der Waals surface area contributed by atoms with Gasteiger partial charge in [-0.1, -0.05) is 18.2 Å². The summed E-state index contributed by atoms with van der Waals surface area (Å²) < 4.78 is 2.34. The largest absolute Gasteiger partial charge is 0.340 e. The summed E-state index contributed by atoms with van der Waals surface area (Å²) in [5, 5.41) is 8.94. The zero-order chi connectivity index (χ0) is 19.3. The summed E-state index contributed by atoms with van der Waals surface area (Å²) in [5.74, 6) is -0.688. The zero-order valence-electron chi connectivity index (χ0n) is 15.2. The summed E-state index contributed by atoms with van der Waals surface area (Å²) in [7, 11) is 0. The van der Waals surface area contributed by atoms with Crippen molar-refractivity contribution >= 4 is 5.91 Å². The third-order valence-corrected chi connectivity index (χ3v) is 4.13. The average molecular weight is 354 g/mol. The van der Waals surface area contributed by atoms with Gasteiger partial charge in [0.25, 0.3) is 5.56 Å². The molecule has 1 heterocycles. The lowest BCUT2D eigenvalue weighted by Crippen LogP contribution is -2.45. The maximum atomic E-state index is 12.8. The number of nitrogens with zero attached hydrogens (tertiary/aromatic N) is 4. The number of hydrogen-bond acceptors (Lipinski definition) is 4. The molecular formula is C19H22N4O3. The summed E-state index contributed by atoms with van der Waals surface area (Å²) >= 11 is 0. The second-order valence-electron chi connectivity index (χ2n) is 6.13. The van der Waals surface area contributed by atoms with Crippen LogP contribution in [0.3, 0.4) is 0 Å². The molecule has 136 valence electrons. The van der Waals surface area contributed by atoms with E-state index in [9.17, 15) is 14.4 Å². The maximum absolute atomic E-state index is 12.8. The second-order valence-corrected chi connectivity index (χ2v) is 6.13. The molecule has 26 heavy (non-hydrogen) atoms. The van der Waals surface area contributed by atoms with Gasteiger partial charge in [0.2, 0.25) is 5.91 Å². The van der Waals surface area contributed by atoms with Gasteiger partial charge in [0, 0.05) is 24.8 Å². The van der Waals surface area contributed by atoms with Crippen molar-refractivity contribution in [1.29, 1.82) is 5.26 Å². The summed E-state index contributed by atoms with van der Waals surface area (Å²) in [4.78, 5) is 39.2. The van der Waals surface area contributed by atoms with Crippen molar-refractivity contribution in [1.82, 2.24) is 14.0 Å². The molecule has 0 radical (unpaired) electrons. The molecule has 7 nitrogen and oxygen atoms in total. The lowest BCUT2D eigenvalue weighted by Gasteiger charge is -2.22. The minimum atomic E-state index is -0.557. The van der Waals surface area contributed by atoms with Gasteiger partial charge >= 0.3 is 5.69 Å². The molecule has 0 bridgehead atoms. The van der Waals surface area contributed by atoms with Crippen LogP contribution < -0.4 is 11.2 Å². The smallest absolute Gasteiger partial charge is 0.336 e. The van der Waals surface area contributed by atoms with Crippen LogP contribution in [-0.2, 0) is 11.3 Å². The Balaban J connectivity index is 2.42. The van der Waals surface area contributed by atoms with E-state index < -0.39 is 11.2 Å². The molecule has 0 saturated carbocycles. The first kappa shape index (κ1) is 19.2. The Morgan fingerprint density at radius 2 is 1.92 bits per heavy atom. The summed E-state index contributed by atoms with van der Waals surface area (Å²) in [6, 6.07) is 12.4. The highest BCUT2D eigenvalue weighted by Crippen LogP contribution is 2.06. The van der Waals surface area contributed by atoms with Gasteiger partial charge in [0.1, 0.15) is 6.54 Å². The van der Waals surface area contributed by atoms with Crippen molar-refractivity contribution in [3.05, 3.63) is 62.9 Å². The molecule has 0 aliphatic rings. The Morgan fingerprint density at radius 3 is 2.50 bits per heavy atom. The summed E-state index contributed by atoms with van der Waals surface area (Å²) in [6.07, 6.45) is 0. The fourth-order valence-corrected chi connectivity index (χ4v) is 2.74. The molecule has 1 amide bonds. The standard InChI is InChI=1S/C19H22N4O3/c1-4-21(12-14(2)11-20)18(25)13-22-17(24)10-15(3)23(19(22)26)16-8-6-5-7-9-16/h5-10,14H,4,12-13H2,1-3H3. The van der Waals surface area contributed by atoms with Gasteiger partial charge in [-0.25, -0.2) is 4.79 Å². The van der Waals surface area contributed by atoms with E-state index >= 15 is 0 Å². The normalized spacial score (nSPS) is 11.6. The van der Waals surface area contributed by atoms with E-state index in [1.807, 2.05) is 6.07 Å². The number of nitriles is 1. The first-order chi connectivity index (χ1) is 12.4. The van der Waals surface area contributed by atoms with Crippen molar-refractivity contribution < 1.29 is 4.79 Å². The third-order valence-electron chi connectivity index (χ3n) is 4.13. The van der Waals surface area contributed by atoms with E-state index in [4.69, 9.17) is 5.26 Å². The van der Waals surface area contributed by atoms with E-state index in [0.29, 0.717) is 17.9 Å². The van der Waals surface area contributed by atoms with Crippen LogP contribution in [0.25, 0.3) is 5.69 Å². The highest BCUT2D eigenvalue weighted by molar-refractivity contribution is 5.76. The molecule has 2 rings (SSSR count). The van der Waals surface area contributed by atoms with Gasteiger partial charge in [0.05, 0.1) is 17.7 Å². The number of amides is 1. The minimum Gasteiger partial charge on any atom is -0.340 e. The molecule has 2 aromatic rings. The molecule has 0 saturated heterocycles. The van der Waals surface area contributed by atoms with Crippen molar-refractivity contribution in [2.75, 3.05) is 13.1 Å². The zero-order valence-corrected chi connectivity index (χ0v) is 15.2. The predicted octanol–water partition coefficient (Wildman–Crippen LogP) is 1.32. The number of carbonyl (C=O) groups excluding carboxylic acids is 1. The van der Waals surface area contributed by atoms with E-state index in [2.05, 4.69) is 6.07 Å². The van der Waals surface area contributed by atoms with Crippen molar-refractivity contribution in [3.8, 4) is 11.8 Å². The lowest BCUT2D eigenvalue weighted by atomic mass is 10.2. The van der Waals surface area contributed by atoms with Crippen molar-refractivity contribution in [2.45, 2.75) is 27.3 Å². The van der Waals surface area contributed by atoms with Gasteiger partial charge < -0.3 is 4.90 Å². The van der Waals surface area contributed by atoms with Crippen LogP contribution in [0.4, 0.5) is 0 Å². The number of hydrogen-bond donors (Lipinski definition) is 0. The first-order valence-corrected chi connectivity index (χ1v) is 8.45. The molecule has 0 aliphatic heterocycles. The number of benzene rings is 1. The first-order valence-electron chi connectivity index (χ1n) is 8.45. The van der Waals surface area contributed by atoms with Crippen molar-refractivity contribution in [2.24, 2.45) is 5.92 Å². The molecule has 7 heteroatoms. The highest BCUT2D eigenvalue weighted by atomic mass is 16.2. The SMILES string of the molecule is CCN(CC(C)C#N)C(=O)Cn1c(=O)cc(C)n(-c2ccccc2)c1=O. The maximum Gasteiger partial charge on any atom is 0.336 e. The average Bonchev–Trinajstić information content (AvgIpc) is 2.63. The summed E-state index contributed by atoms with van der Waals surface area (Å²) in [6.45, 7) is 5.50. The van der Waals surface area contributed by atoms with Gasteiger partial charge in [-0.05, 0) is 32.9 Å².